The molecule has 0 spiro atoms. The monoisotopic (exact) mass is 372 g/mol. The first-order chi connectivity index (χ1) is 8.72. The lowest BCUT2D eigenvalue weighted by Crippen LogP contribution is -1.97. The van der Waals surface area contributed by atoms with Crippen LogP contribution in [0, 0.1) is 3.57 Å². The maximum absolute atomic E-state index is 5.99. The average Bonchev–Trinajstić information content (AvgIpc) is 3.15. The van der Waals surface area contributed by atoms with Crippen LogP contribution in [0.1, 0.15) is 24.6 Å². The Morgan fingerprint density at radius 1 is 1.22 bits per heavy atom. The molecular weight excluding hydrogens is 363 g/mol. The summed E-state index contributed by atoms with van der Waals surface area (Å²) in [5, 5.41) is 0.438. The van der Waals surface area contributed by atoms with Crippen LogP contribution in [0.4, 0.5) is 0 Å². The molecular formula is C13H10ClIN2O. The molecule has 0 radical (unpaired) electrons. The first-order valence-electron chi connectivity index (χ1n) is 5.69. The van der Waals surface area contributed by atoms with E-state index < -0.39 is 0 Å². The number of ether oxygens (including phenoxy) is 1. The first-order valence-corrected chi connectivity index (χ1v) is 7.15. The number of benzene rings is 1. The van der Waals surface area contributed by atoms with Crippen LogP contribution in [0.3, 0.4) is 0 Å². The second kappa shape index (κ2) is 5.01. The van der Waals surface area contributed by atoms with Crippen molar-refractivity contribution in [3.05, 3.63) is 44.9 Å². The Labute approximate surface area is 124 Å². The Morgan fingerprint density at radius 2 is 2.00 bits per heavy atom. The van der Waals surface area contributed by atoms with Gasteiger partial charge in [0.15, 0.2) is 0 Å². The van der Waals surface area contributed by atoms with Crippen LogP contribution in [0.15, 0.2) is 30.3 Å². The molecule has 1 aliphatic rings. The molecule has 0 bridgehead atoms. The highest BCUT2D eigenvalue weighted by Gasteiger charge is 2.27. The summed E-state index contributed by atoms with van der Waals surface area (Å²) >= 11 is 8.22. The van der Waals surface area contributed by atoms with E-state index in [1.165, 1.54) is 0 Å². The Kier molecular flexibility index (Phi) is 3.39. The molecule has 0 N–H and O–H groups in total. The van der Waals surface area contributed by atoms with Crippen molar-refractivity contribution in [2.45, 2.75) is 18.8 Å². The Hall–Kier alpha value is -0.880. The predicted molar refractivity (Wildman–Crippen MR) is 78.3 cm³/mol. The van der Waals surface area contributed by atoms with E-state index in [0.29, 0.717) is 17.0 Å². The van der Waals surface area contributed by atoms with Gasteiger partial charge in [-0.3, -0.25) is 0 Å². The van der Waals surface area contributed by atoms with Gasteiger partial charge >= 0.3 is 0 Å². The van der Waals surface area contributed by atoms with Crippen molar-refractivity contribution in [3.63, 3.8) is 0 Å². The molecule has 3 nitrogen and oxygen atoms in total. The molecule has 0 saturated heterocycles. The molecule has 1 aliphatic carbocycles. The van der Waals surface area contributed by atoms with E-state index >= 15 is 0 Å². The second-order valence-electron chi connectivity index (χ2n) is 4.19. The number of hydrogen-bond donors (Lipinski definition) is 0. The van der Waals surface area contributed by atoms with Crippen LogP contribution in [-0.4, -0.2) is 9.97 Å². The van der Waals surface area contributed by atoms with Gasteiger partial charge in [-0.1, -0.05) is 23.7 Å². The van der Waals surface area contributed by atoms with Gasteiger partial charge in [0.1, 0.15) is 16.7 Å². The highest BCUT2D eigenvalue weighted by Crippen LogP contribution is 2.39. The van der Waals surface area contributed by atoms with Crippen molar-refractivity contribution < 1.29 is 4.74 Å². The third-order valence-corrected chi connectivity index (χ3v) is 3.77. The van der Waals surface area contributed by atoms with Crippen molar-refractivity contribution in [2.75, 3.05) is 0 Å². The standard InChI is InChI=1S/C13H10ClIN2O/c14-11-7-12(17-13(16-11)8-5-6-8)18-10-4-2-1-3-9(10)15/h1-4,7-8H,5-6H2. The Bertz CT molecular complexity index is 587. The van der Waals surface area contributed by atoms with Gasteiger partial charge < -0.3 is 4.74 Å². The van der Waals surface area contributed by atoms with Crippen LogP contribution in [0.2, 0.25) is 5.15 Å². The summed E-state index contributed by atoms with van der Waals surface area (Å²) in [6, 6.07) is 9.45. The zero-order valence-corrected chi connectivity index (χ0v) is 12.4. The fraction of sp³-hybridized carbons (Fsp3) is 0.231. The number of rotatable bonds is 3. The van der Waals surface area contributed by atoms with Crippen LogP contribution < -0.4 is 4.74 Å². The smallest absolute Gasteiger partial charge is 0.224 e. The minimum absolute atomic E-state index is 0.438. The van der Waals surface area contributed by atoms with Crippen LogP contribution in [0.25, 0.3) is 0 Å². The minimum Gasteiger partial charge on any atom is -0.438 e. The van der Waals surface area contributed by atoms with E-state index in [2.05, 4.69) is 32.6 Å². The Morgan fingerprint density at radius 3 is 2.72 bits per heavy atom. The van der Waals surface area contributed by atoms with E-state index in [-0.39, 0.29) is 0 Å². The lowest BCUT2D eigenvalue weighted by atomic mass is 10.3. The van der Waals surface area contributed by atoms with E-state index in [1.807, 2.05) is 24.3 Å². The molecule has 0 amide bonds. The molecule has 1 aromatic heterocycles. The highest BCUT2D eigenvalue weighted by molar-refractivity contribution is 14.1. The molecule has 0 unspecified atom stereocenters. The molecule has 1 aromatic carbocycles. The van der Waals surface area contributed by atoms with Gasteiger partial charge in [0.25, 0.3) is 0 Å². The number of nitrogens with zero attached hydrogens (tertiary/aromatic N) is 2. The first kappa shape index (κ1) is 12.2. The molecule has 0 atom stereocenters. The quantitative estimate of drug-likeness (QED) is 0.591. The van der Waals surface area contributed by atoms with Gasteiger partial charge in [-0.2, -0.15) is 4.98 Å². The van der Waals surface area contributed by atoms with Crippen molar-refractivity contribution in [1.29, 1.82) is 0 Å². The van der Waals surface area contributed by atoms with E-state index in [9.17, 15) is 0 Å². The van der Waals surface area contributed by atoms with Gasteiger partial charge in [0.05, 0.1) is 3.57 Å². The van der Waals surface area contributed by atoms with Gasteiger partial charge in [0, 0.05) is 12.0 Å². The molecule has 5 heteroatoms. The normalized spacial score (nSPS) is 14.6. The van der Waals surface area contributed by atoms with Gasteiger partial charge in [0.2, 0.25) is 5.88 Å². The van der Waals surface area contributed by atoms with Crippen molar-refractivity contribution >= 4 is 34.2 Å². The van der Waals surface area contributed by atoms with E-state index in [0.717, 1.165) is 28.0 Å². The fourth-order valence-electron chi connectivity index (χ4n) is 1.63. The largest absolute Gasteiger partial charge is 0.438 e. The number of halogens is 2. The maximum atomic E-state index is 5.99. The van der Waals surface area contributed by atoms with Gasteiger partial charge in [-0.05, 0) is 47.6 Å². The van der Waals surface area contributed by atoms with Gasteiger partial charge in [-0.25, -0.2) is 4.98 Å². The summed E-state index contributed by atoms with van der Waals surface area (Å²) < 4.78 is 6.81. The molecule has 1 saturated carbocycles. The SMILES string of the molecule is Clc1cc(Oc2ccccc2I)nc(C2CC2)n1. The number of aromatic nitrogens is 2. The number of para-hydroxylation sites is 1. The third-order valence-electron chi connectivity index (χ3n) is 2.68. The molecule has 18 heavy (non-hydrogen) atoms. The molecule has 2 aromatic rings. The Balaban J connectivity index is 1.90. The highest BCUT2D eigenvalue weighted by atomic mass is 127. The number of hydrogen-bond acceptors (Lipinski definition) is 3. The lowest BCUT2D eigenvalue weighted by Gasteiger charge is -2.08. The van der Waals surface area contributed by atoms with E-state index in [1.54, 1.807) is 6.07 Å². The summed E-state index contributed by atoms with van der Waals surface area (Å²) in [5.41, 5.74) is 0. The summed E-state index contributed by atoms with van der Waals surface area (Å²) in [6.45, 7) is 0. The molecule has 3 rings (SSSR count). The van der Waals surface area contributed by atoms with Crippen LogP contribution in [0.5, 0.6) is 11.6 Å². The minimum atomic E-state index is 0.438. The summed E-state index contributed by atoms with van der Waals surface area (Å²) in [6.07, 6.45) is 2.28. The van der Waals surface area contributed by atoms with Crippen LogP contribution >= 0.6 is 34.2 Å². The fourth-order valence-corrected chi connectivity index (χ4v) is 2.31. The third kappa shape index (κ3) is 2.75. The molecule has 92 valence electrons. The molecule has 1 fully saturated rings. The van der Waals surface area contributed by atoms with Crippen molar-refractivity contribution in [3.8, 4) is 11.6 Å². The average molecular weight is 373 g/mol. The molecule has 1 heterocycles. The van der Waals surface area contributed by atoms with Crippen LogP contribution in [-0.2, 0) is 0 Å². The maximum Gasteiger partial charge on any atom is 0.224 e. The topological polar surface area (TPSA) is 35.0 Å². The predicted octanol–water partition coefficient (Wildman–Crippen LogP) is 4.40. The summed E-state index contributed by atoms with van der Waals surface area (Å²) in [5.74, 6) is 2.56. The second-order valence-corrected chi connectivity index (χ2v) is 5.74. The van der Waals surface area contributed by atoms with Crippen molar-refractivity contribution in [1.82, 2.24) is 9.97 Å². The van der Waals surface area contributed by atoms with Gasteiger partial charge in [-0.15, -0.1) is 0 Å². The zero-order valence-electron chi connectivity index (χ0n) is 9.44. The lowest BCUT2D eigenvalue weighted by molar-refractivity contribution is 0.455. The summed E-state index contributed by atoms with van der Waals surface area (Å²) in [4.78, 5) is 8.64. The van der Waals surface area contributed by atoms with Crippen molar-refractivity contribution in [2.24, 2.45) is 0 Å². The summed E-state index contributed by atoms with van der Waals surface area (Å²) in [7, 11) is 0. The zero-order chi connectivity index (χ0) is 12.5. The van der Waals surface area contributed by atoms with E-state index in [4.69, 9.17) is 16.3 Å². The molecule has 0 aliphatic heterocycles.